The van der Waals surface area contributed by atoms with Gasteiger partial charge < -0.3 is 20.2 Å². The van der Waals surface area contributed by atoms with Gasteiger partial charge in [-0.2, -0.15) is 0 Å². The number of nitrogen functional groups attached to an aromatic ring is 1. The number of hydrogen-bond donors (Lipinski definition) is 2. The molecule has 1 radical (unpaired) electrons. The van der Waals surface area contributed by atoms with Crippen LogP contribution in [0.2, 0.25) is 0 Å². The van der Waals surface area contributed by atoms with Crippen LogP contribution in [0.1, 0.15) is 23.7 Å². The van der Waals surface area contributed by atoms with E-state index in [2.05, 4.69) is 10.2 Å². The van der Waals surface area contributed by atoms with Crippen LogP contribution in [0.25, 0.3) is 0 Å². The lowest BCUT2D eigenvalue weighted by Crippen LogP contribution is -2.13. The molecule has 7 nitrogen and oxygen atoms in total. The number of anilines is 1. The second-order valence-corrected chi connectivity index (χ2v) is 5.56. The number of nitrogens with two attached hydrogens (primary N) is 1. The van der Waals surface area contributed by atoms with Crippen LogP contribution in [-0.2, 0) is 9.45 Å². The molecule has 0 fully saturated rings. The van der Waals surface area contributed by atoms with Crippen LogP contribution in [0.3, 0.4) is 0 Å². The summed E-state index contributed by atoms with van der Waals surface area (Å²) >= 11 is 1.14. The molecule has 0 spiro atoms. The Hall–Kier alpha value is -2.13. The summed E-state index contributed by atoms with van der Waals surface area (Å²) in [7, 11) is 1.55. The fraction of sp³-hybridized carbons (Fsp3) is 0.250. The zero-order valence-corrected chi connectivity index (χ0v) is 11.9. The molecule has 1 aliphatic heterocycles. The number of carboxylic acids is 1. The van der Waals surface area contributed by atoms with E-state index < -0.39 is 12.1 Å². The highest BCUT2D eigenvalue weighted by Gasteiger charge is 2.29. The number of hydrogen-bond acceptors (Lipinski definition) is 7. The molecule has 0 aliphatic carbocycles. The van der Waals surface area contributed by atoms with E-state index in [0.717, 1.165) is 27.9 Å². The standard InChI is InChI=1S/C12H11BN3O4S/c1-5-2-6(19-12-16-15-11(14)21-12)3-7-10(5)8(20-13-7)4-9(17)18/h2-3,8H,4H2,1H3,(H2,14,15)(H,17,18). The van der Waals surface area contributed by atoms with E-state index >= 15 is 0 Å². The summed E-state index contributed by atoms with van der Waals surface area (Å²) in [5, 5.41) is 17.1. The Kier molecular flexibility index (Phi) is 3.52. The maximum absolute atomic E-state index is 10.8. The third kappa shape index (κ3) is 2.83. The first-order valence-electron chi connectivity index (χ1n) is 6.15. The summed E-state index contributed by atoms with van der Waals surface area (Å²) < 4.78 is 11.0. The number of aliphatic carboxylic acids is 1. The van der Waals surface area contributed by atoms with Crippen molar-refractivity contribution in [3.63, 3.8) is 0 Å². The van der Waals surface area contributed by atoms with Crippen LogP contribution in [0.15, 0.2) is 12.1 Å². The summed E-state index contributed by atoms with van der Waals surface area (Å²) in [5.41, 5.74) is 8.09. The predicted molar refractivity (Wildman–Crippen MR) is 77.0 cm³/mol. The lowest BCUT2D eigenvalue weighted by molar-refractivity contribution is -0.138. The van der Waals surface area contributed by atoms with Gasteiger partial charge in [0.1, 0.15) is 5.75 Å². The van der Waals surface area contributed by atoms with Gasteiger partial charge in [0, 0.05) is 0 Å². The highest BCUT2D eigenvalue weighted by Crippen LogP contribution is 2.32. The molecule has 0 bridgehead atoms. The first-order valence-corrected chi connectivity index (χ1v) is 6.96. The number of benzene rings is 1. The minimum atomic E-state index is -0.898. The first-order chi connectivity index (χ1) is 10.0. The van der Waals surface area contributed by atoms with Crippen molar-refractivity contribution in [1.29, 1.82) is 0 Å². The average Bonchev–Trinajstić information content (AvgIpc) is 2.96. The van der Waals surface area contributed by atoms with Crippen molar-refractivity contribution in [1.82, 2.24) is 10.2 Å². The molecular formula is C12H11BN3O4S. The molecule has 1 atom stereocenters. The fourth-order valence-corrected chi connectivity index (χ4v) is 2.76. The summed E-state index contributed by atoms with van der Waals surface area (Å²) in [6.45, 7) is 1.89. The number of aryl methyl sites for hydroxylation is 1. The molecule has 1 aromatic carbocycles. The fourth-order valence-electron chi connectivity index (χ4n) is 2.28. The van der Waals surface area contributed by atoms with Crippen LogP contribution in [0, 0.1) is 6.92 Å². The Morgan fingerprint density at radius 1 is 1.57 bits per heavy atom. The van der Waals surface area contributed by atoms with E-state index in [1.54, 1.807) is 13.5 Å². The van der Waals surface area contributed by atoms with E-state index in [9.17, 15) is 4.79 Å². The monoisotopic (exact) mass is 304 g/mol. The molecule has 107 valence electrons. The number of ether oxygens (including phenoxy) is 1. The van der Waals surface area contributed by atoms with Crippen molar-refractivity contribution < 1.29 is 19.3 Å². The molecule has 3 N–H and O–H groups in total. The van der Waals surface area contributed by atoms with Gasteiger partial charge in [0.2, 0.25) is 5.13 Å². The number of rotatable bonds is 4. The van der Waals surface area contributed by atoms with E-state index in [4.69, 9.17) is 20.2 Å². The quantitative estimate of drug-likeness (QED) is 0.812. The van der Waals surface area contributed by atoms with Crippen molar-refractivity contribution in [2.24, 2.45) is 0 Å². The van der Waals surface area contributed by atoms with Crippen molar-refractivity contribution in [2.75, 3.05) is 5.73 Å². The smallest absolute Gasteiger partial charge is 0.331 e. The van der Waals surface area contributed by atoms with E-state index in [0.29, 0.717) is 16.1 Å². The number of aromatic nitrogens is 2. The highest BCUT2D eigenvalue weighted by molar-refractivity contribution is 7.16. The number of carboxylic acid groups (broad SMARTS) is 1. The number of carbonyl (C=O) groups is 1. The van der Waals surface area contributed by atoms with Crippen molar-refractivity contribution in [3.05, 3.63) is 23.3 Å². The van der Waals surface area contributed by atoms with E-state index in [1.807, 2.05) is 13.0 Å². The Balaban J connectivity index is 1.87. The molecule has 9 heteroatoms. The van der Waals surface area contributed by atoms with E-state index in [1.165, 1.54) is 0 Å². The van der Waals surface area contributed by atoms with Gasteiger partial charge in [-0.3, -0.25) is 4.79 Å². The van der Waals surface area contributed by atoms with Crippen LogP contribution in [0.4, 0.5) is 5.13 Å². The van der Waals surface area contributed by atoms with Crippen molar-refractivity contribution >= 4 is 35.4 Å². The first kappa shape index (κ1) is 13.8. The zero-order chi connectivity index (χ0) is 15.0. The van der Waals surface area contributed by atoms with Crippen LogP contribution < -0.4 is 15.9 Å². The minimum absolute atomic E-state index is 0.0719. The largest absolute Gasteiger partial charge is 0.481 e. The Labute approximate surface area is 125 Å². The van der Waals surface area contributed by atoms with Gasteiger partial charge in [-0.15, -0.1) is 5.10 Å². The molecule has 21 heavy (non-hydrogen) atoms. The minimum Gasteiger partial charge on any atom is -0.481 e. The molecule has 1 aromatic heterocycles. The Bertz CT molecular complexity index is 706. The normalized spacial score (nSPS) is 16.3. The highest BCUT2D eigenvalue weighted by atomic mass is 32.1. The molecule has 3 rings (SSSR count). The predicted octanol–water partition coefficient (Wildman–Crippen LogP) is 1.01. The van der Waals surface area contributed by atoms with Crippen molar-refractivity contribution in [2.45, 2.75) is 19.4 Å². The van der Waals surface area contributed by atoms with Gasteiger partial charge in [0.05, 0.1) is 12.5 Å². The maximum Gasteiger partial charge on any atom is 0.331 e. The second kappa shape index (κ2) is 5.34. The van der Waals surface area contributed by atoms with Gasteiger partial charge in [-0.1, -0.05) is 5.10 Å². The SMILES string of the molecule is Cc1cc(Oc2nnc(N)s2)cc2c1C(CC(=O)O)O[B]2. The zero-order valence-electron chi connectivity index (χ0n) is 11.1. The van der Waals surface area contributed by atoms with Crippen molar-refractivity contribution in [3.8, 4) is 10.9 Å². The van der Waals surface area contributed by atoms with Crippen LogP contribution in [0.5, 0.6) is 10.9 Å². The number of fused-ring (bicyclic) bond motifs is 1. The summed E-state index contributed by atoms with van der Waals surface area (Å²) in [5.74, 6) is -0.316. The molecule has 0 saturated carbocycles. The lowest BCUT2D eigenvalue weighted by Gasteiger charge is -2.13. The van der Waals surface area contributed by atoms with Gasteiger partial charge >= 0.3 is 18.6 Å². The third-order valence-corrected chi connectivity index (χ3v) is 3.69. The van der Waals surface area contributed by atoms with Gasteiger partial charge in [-0.05, 0) is 47.0 Å². The Morgan fingerprint density at radius 2 is 2.38 bits per heavy atom. The second-order valence-electron chi connectivity index (χ2n) is 4.59. The van der Waals surface area contributed by atoms with E-state index in [-0.39, 0.29) is 6.42 Å². The molecule has 0 amide bonds. The van der Waals surface area contributed by atoms with Gasteiger partial charge in [0.15, 0.2) is 0 Å². The van der Waals surface area contributed by atoms with Gasteiger partial charge in [-0.25, -0.2) is 0 Å². The lowest BCUT2D eigenvalue weighted by atomic mass is 9.84. The average molecular weight is 304 g/mol. The summed E-state index contributed by atoms with van der Waals surface area (Å²) in [4.78, 5) is 10.8. The molecule has 1 aliphatic rings. The topological polar surface area (TPSA) is 108 Å². The summed E-state index contributed by atoms with van der Waals surface area (Å²) in [6.07, 6.45) is -0.527. The summed E-state index contributed by atoms with van der Waals surface area (Å²) in [6, 6.07) is 3.59. The van der Waals surface area contributed by atoms with Crippen LogP contribution >= 0.6 is 11.3 Å². The molecular weight excluding hydrogens is 293 g/mol. The molecule has 2 aromatic rings. The Morgan fingerprint density at radius 3 is 3.05 bits per heavy atom. The third-order valence-electron chi connectivity index (χ3n) is 3.06. The van der Waals surface area contributed by atoms with Gasteiger partial charge in [0.25, 0.3) is 0 Å². The number of nitrogens with zero attached hydrogens (tertiary/aromatic N) is 2. The molecule has 2 heterocycles. The maximum atomic E-state index is 10.8. The van der Waals surface area contributed by atoms with Crippen LogP contribution in [-0.4, -0.2) is 28.8 Å². The molecule has 1 unspecified atom stereocenters. The molecule has 0 saturated heterocycles.